The van der Waals surface area contributed by atoms with E-state index in [1.54, 1.807) is 17.1 Å². The second-order valence-corrected chi connectivity index (χ2v) is 9.70. The van der Waals surface area contributed by atoms with E-state index in [2.05, 4.69) is 20.0 Å². The standard InChI is InChI=1S/C26H28N6O4/c1-16-18(4-5-20-22(16)13-36-26(20)35)23(33)12-30-6-8-31(9-7-30)25(34)19-3-2-17-10-24(28-11-21(17)19)32-15-27-14-29-32/h4-5,10-11,14-15,19,23,33H,2-3,6-9,12-13H2,1H3/t19?,23-/m0/s1. The van der Waals surface area contributed by atoms with Crippen LogP contribution in [0.15, 0.2) is 37.1 Å². The van der Waals surface area contributed by atoms with Crippen molar-refractivity contribution in [3.63, 3.8) is 0 Å². The number of ether oxygens (including phenoxy) is 1. The first-order valence-electron chi connectivity index (χ1n) is 12.3. The molecule has 1 fully saturated rings. The molecule has 6 rings (SSSR count). The number of fused-ring (bicyclic) bond motifs is 2. The molecule has 0 bridgehead atoms. The monoisotopic (exact) mass is 488 g/mol. The minimum atomic E-state index is -0.666. The molecule has 1 aromatic carbocycles. The Morgan fingerprint density at radius 3 is 2.86 bits per heavy atom. The Morgan fingerprint density at radius 2 is 2.08 bits per heavy atom. The van der Waals surface area contributed by atoms with Crippen LogP contribution in [-0.4, -0.2) is 79.3 Å². The third-order valence-electron chi connectivity index (χ3n) is 7.72. The lowest BCUT2D eigenvalue weighted by molar-refractivity contribution is -0.134. The van der Waals surface area contributed by atoms with Crippen LogP contribution >= 0.6 is 0 Å². The number of carbonyl (C=O) groups is 2. The summed E-state index contributed by atoms with van der Waals surface area (Å²) in [6.45, 7) is 5.36. The number of amides is 1. The van der Waals surface area contributed by atoms with Gasteiger partial charge < -0.3 is 14.7 Å². The molecule has 2 aromatic heterocycles. The van der Waals surface area contributed by atoms with Gasteiger partial charge in [-0.25, -0.2) is 19.4 Å². The van der Waals surface area contributed by atoms with Gasteiger partial charge in [0.2, 0.25) is 5.91 Å². The predicted molar refractivity (Wildman–Crippen MR) is 128 cm³/mol. The zero-order chi connectivity index (χ0) is 24.8. The molecule has 10 heteroatoms. The summed E-state index contributed by atoms with van der Waals surface area (Å²) in [5.41, 5.74) is 5.36. The summed E-state index contributed by atoms with van der Waals surface area (Å²) >= 11 is 0. The molecule has 186 valence electrons. The van der Waals surface area contributed by atoms with Crippen molar-refractivity contribution >= 4 is 11.9 Å². The number of aryl methyl sites for hydroxylation is 1. The van der Waals surface area contributed by atoms with E-state index in [-0.39, 0.29) is 24.4 Å². The molecule has 3 aliphatic rings. The Bertz CT molecular complexity index is 1320. The SMILES string of the molecule is Cc1c([C@@H](O)CN2CCN(C(=O)C3CCc4cc(-n5cncn5)ncc43)CC2)ccc2c1COC2=O. The van der Waals surface area contributed by atoms with Gasteiger partial charge >= 0.3 is 5.97 Å². The molecule has 0 radical (unpaired) electrons. The number of β-amino-alcohol motifs (C(OH)–C–C–N with tert-alkyl or cyclic N) is 1. The Balaban J connectivity index is 1.07. The number of benzene rings is 1. The van der Waals surface area contributed by atoms with Gasteiger partial charge in [-0.1, -0.05) is 6.07 Å². The van der Waals surface area contributed by atoms with Crippen molar-refractivity contribution in [3.05, 3.63) is 70.4 Å². The fourth-order valence-corrected chi connectivity index (χ4v) is 5.63. The lowest BCUT2D eigenvalue weighted by Gasteiger charge is -2.37. The van der Waals surface area contributed by atoms with E-state index in [4.69, 9.17) is 4.74 Å². The summed E-state index contributed by atoms with van der Waals surface area (Å²) in [6.07, 6.45) is 5.87. The fourth-order valence-electron chi connectivity index (χ4n) is 5.63. The van der Waals surface area contributed by atoms with Crippen molar-refractivity contribution in [3.8, 4) is 5.82 Å². The number of piperazine rings is 1. The van der Waals surface area contributed by atoms with Gasteiger partial charge in [0.15, 0.2) is 5.82 Å². The third-order valence-corrected chi connectivity index (χ3v) is 7.72. The Kier molecular flexibility index (Phi) is 5.77. The van der Waals surface area contributed by atoms with Gasteiger partial charge in [-0.3, -0.25) is 9.69 Å². The van der Waals surface area contributed by atoms with E-state index in [9.17, 15) is 14.7 Å². The first kappa shape index (κ1) is 22.8. The average Bonchev–Trinajstić information content (AvgIpc) is 3.64. The maximum atomic E-state index is 13.4. The van der Waals surface area contributed by atoms with Gasteiger partial charge in [-0.2, -0.15) is 5.10 Å². The Morgan fingerprint density at radius 1 is 1.25 bits per heavy atom. The molecule has 1 N–H and O–H groups in total. The van der Waals surface area contributed by atoms with Gasteiger partial charge in [0.1, 0.15) is 19.3 Å². The summed E-state index contributed by atoms with van der Waals surface area (Å²) in [4.78, 5) is 37.8. The van der Waals surface area contributed by atoms with E-state index >= 15 is 0 Å². The third kappa shape index (κ3) is 3.96. The van der Waals surface area contributed by atoms with Crippen LogP contribution in [0.25, 0.3) is 5.82 Å². The van der Waals surface area contributed by atoms with Crippen LogP contribution in [0.3, 0.4) is 0 Å². The van der Waals surface area contributed by atoms with Crippen LogP contribution in [0, 0.1) is 6.92 Å². The normalized spacial score (nSPS) is 20.2. The molecule has 4 heterocycles. The highest BCUT2D eigenvalue weighted by Crippen LogP contribution is 2.35. The van der Waals surface area contributed by atoms with Crippen LogP contribution in [0.4, 0.5) is 0 Å². The topological polar surface area (TPSA) is 114 Å². The molecule has 1 unspecified atom stereocenters. The Labute approximate surface area is 208 Å². The predicted octanol–water partition coefficient (Wildman–Crippen LogP) is 1.55. The highest BCUT2D eigenvalue weighted by atomic mass is 16.5. The summed E-state index contributed by atoms with van der Waals surface area (Å²) < 4.78 is 6.76. The summed E-state index contributed by atoms with van der Waals surface area (Å²) in [6, 6.07) is 5.57. The molecular weight excluding hydrogens is 460 g/mol. The second-order valence-electron chi connectivity index (χ2n) is 9.70. The molecule has 1 saturated heterocycles. The number of hydrogen-bond acceptors (Lipinski definition) is 8. The number of esters is 1. The average molecular weight is 489 g/mol. The van der Waals surface area contributed by atoms with Gasteiger partial charge in [0, 0.05) is 44.5 Å². The summed E-state index contributed by atoms with van der Waals surface area (Å²) in [5.74, 6) is 0.410. The minimum absolute atomic E-state index is 0.156. The van der Waals surface area contributed by atoms with Crippen LogP contribution in [0.2, 0.25) is 0 Å². The highest BCUT2D eigenvalue weighted by molar-refractivity contribution is 5.94. The van der Waals surface area contributed by atoms with E-state index < -0.39 is 6.10 Å². The van der Waals surface area contributed by atoms with E-state index in [1.165, 1.54) is 6.33 Å². The van der Waals surface area contributed by atoms with Gasteiger partial charge in [-0.15, -0.1) is 0 Å². The van der Waals surface area contributed by atoms with Crippen molar-refractivity contribution < 1.29 is 19.4 Å². The summed E-state index contributed by atoms with van der Waals surface area (Å²) in [5, 5.41) is 15.1. The van der Waals surface area contributed by atoms with Crippen LogP contribution in [0.5, 0.6) is 0 Å². The zero-order valence-corrected chi connectivity index (χ0v) is 20.1. The fraction of sp³-hybridized carbons (Fsp3) is 0.423. The molecule has 10 nitrogen and oxygen atoms in total. The molecule has 1 aliphatic carbocycles. The first-order valence-corrected chi connectivity index (χ1v) is 12.3. The molecule has 0 saturated carbocycles. The van der Waals surface area contributed by atoms with Gasteiger partial charge in [-0.05, 0) is 54.2 Å². The van der Waals surface area contributed by atoms with Crippen LogP contribution in [-0.2, 0) is 22.6 Å². The number of nitrogens with zero attached hydrogens (tertiary/aromatic N) is 6. The quantitative estimate of drug-likeness (QED) is 0.538. The van der Waals surface area contributed by atoms with Crippen LogP contribution in [0.1, 0.15) is 56.6 Å². The molecule has 2 aliphatic heterocycles. The molecule has 3 aromatic rings. The van der Waals surface area contributed by atoms with E-state index in [0.29, 0.717) is 44.1 Å². The smallest absolute Gasteiger partial charge is 0.338 e. The lowest BCUT2D eigenvalue weighted by atomic mass is 9.95. The van der Waals surface area contributed by atoms with Crippen molar-refractivity contribution in [1.29, 1.82) is 0 Å². The number of rotatable bonds is 5. The van der Waals surface area contributed by atoms with Crippen molar-refractivity contribution in [1.82, 2.24) is 29.5 Å². The number of aliphatic hydroxyl groups is 1. The number of carbonyl (C=O) groups excluding carboxylic acids is 2. The number of aliphatic hydroxyl groups excluding tert-OH is 1. The van der Waals surface area contributed by atoms with E-state index in [1.807, 2.05) is 30.2 Å². The minimum Gasteiger partial charge on any atom is -0.457 e. The van der Waals surface area contributed by atoms with Gasteiger partial charge in [0.25, 0.3) is 0 Å². The number of pyridine rings is 1. The number of aromatic nitrogens is 4. The Hall–Kier alpha value is -3.63. The van der Waals surface area contributed by atoms with Crippen LogP contribution < -0.4 is 0 Å². The van der Waals surface area contributed by atoms with Crippen molar-refractivity contribution in [2.75, 3.05) is 32.7 Å². The zero-order valence-electron chi connectivity index (χ0n) is 20.1. The number of cyclic esters (lactones) is 1. The summed E-state index contributed by atoms with van der Waals surface area (Å²) in [7, 11) is 0. The van der Waals surface area contributed by atoms with Crippen molar-refractivity contribution in [2.45, 2.75) is 38.4 Å². The first-order chi connectivity index (χ1) is 17.5. The van der Waals surface area contributed by atoms with Crippen molar-refractivity contribution in [2.24, 2.45) is 0 Å². The van der Waals surface area contributed by atoms with Gasteiger partial charge in [0.05, 0.1) is 17.6 Å². The lowest BCUT2D eigenvalue weighted by Crippen LogP contribution is -2.50. The molecule has 36 heavy (non-hydrogen) atoms. The number of hydrogen-bond donors (Lipinski definition) is 1. The highest BCUT2D eigenvalue weighted by Gasteiger charge is 2.34. The van der Waals surface area contributed by atoms with E-state index in [0.717, 1.165) is 40.7 Å². The maximum Gasteiger partial charge on any atom is 0.338 e. The molecule has 0 spiro atoms. The maximum absolute atomic E-state index is 13.4. The molecule has 1 amide bonds. The second kappa shape index (κ2) is 9.11. The molecular formula is C26H28N6O4. The molecule has 2 atom stereocenters. The largest absolute Gasteiger partial charge is 0.457 e.